The lowest BCUT2D eigenvalue weighted by Gasteiger charge is -2.52. The van der Waals surface area contributed by atoms with Crippen LogP contribution >= 0.6 is 0 Å². The van der Waals surface area contributed by atoms with E-state index in [9.17, 15) is 4.79 Å². The topological polar surface area (TPSA) is 35.5 Å². The molecular formula is C17H26O3. The van der Waals surface area contributed by atoms with Crippen LogP contribution in [0.3, 0.4) is 0 Å². The highest BCUT2D eigenvalue weighted by Crippen LogP contribution is 2.47. The van der Waals surface area contributed by atoms with Crippen LogP contribution in [0.5, 0.6) is 0 Å². The average Bonchev–Trinajstić information content (AvgIpc) is 2.36. The SMILES string of the molecule is CC(=O)OC/C(C)=C/CC[C@@]1(C)O[C@]2(C)C=C[C@H]1CC2. The molecule has 0 saturated carbocycles. The number of rotatable bonds is 5. The van der Waals surface area contributed by atoms with Gasteiger partial charge in [-0.25, -0.2) is 0 Å². The van der Waals surface area contributed by atoms with Crippen molar-refractivity contribution in [2.45, 2.75) is 64.6 Å². The van der Waals surface area contributed by atoms with Crippen LogP contribution in [0.2, 0.25) is 0 Å². The fourth-order valence-corrected chi connectivity index (χ4v) is 3.26. The van der Waals surface area contributed by atoms with E-state index in [-0.39, 0.29) is 17.2 Å². The summed E-state index contributed by atoms with van der Waals surface area (Å²) in [7, 11) is 0. The van der Waals surface area contributed by atoms with Gasteiger partial charge in [0.1, 0.15) is 6.61 Å². The Balaban J connectivity index is 1.86. The summed E-state index contributed by atoms with van der Waals surface area (Å²) < 4.78 is 11.3. The summed E-state index contributed by atoms with van der Waals surface area (Å²) in [6.45, 7) is 8.25. The van der Waals surface area contributed by atoms with Gasteiger partial charge < -0.3 is 9.47 Å². The Morgan fingerprint density at radius 3 is 2.75 bits per heavy atom. The first-order valence-electron chi connectivity index (χ1n) is 7.52. The predicted octanol–water partition coefficient (Wildman–Crippen LogP) is 3.79. The lowest BCUT2D eigenvalue weighted by molar-refractivity contribution is -0.184. The zero-order valence-electron chi connectivity index (χ0n) is 13.1. The van der Waals surface area contributed by atoms with Gasteiger partial charge in [0.15, 0.2) is 0 Å². The van der Waals surface area contributed by atoms with E-state index in [1.807, 2.05) is 6.92 Å². The van der Waals surface area contributed by atoms with E-state index in [0.717, 1.165) is 24.8 Å². The first-order valence-corrected chi connectivity index (χ1v) is 7.52. The van der Waals surface area contributed by atoms with Gasteiger partial charge in [0.05, 0.1) is 11.2 Å². The molecule has 1 saturated heterocycles. The van der Waals surface area contributed by atoms with E-state index >= 15 is 0 Å². The molecule has 3 nitrogen and oxygen atoms in total. The number of hydrogen-bond donors (Lipinski definition) is 0. The first kappa shape index (κ1) is 15.3. The highest BCUT2D eigenvalue weighted by Gasteiger charge is 2.47. The second-order valence-corrected chi connectivity index (χ2v) is 6.60. The Hall–Kier alpha value is -1.09. The smallest absolute Gasteiger partial charge is 0.302 e. The average molecular weight is 278 g/mol. The zero-order chi connectivity index (χ0) is 14.8. The van der Waals surface area contributed by atoms with E-state index < -0.39 is 0 Å². The number of carbonyl (C=O) groups excluding carboxylic acids is 1. The van der Waals surface area contributed by atoms with Crippen LogP contribution in [0.15, 0.2) is 23.8 Å². The predicted molar refractivity (Wildman–Crippen MR) is 79.4 cm³/mol. The van der Waals surface area contributed by atoms with Crippen molar-refractivity contribution in [3.05, 3.63) is 23.8 Å². The summed E-state index contributed by atoms with van der Waals surface area (Å²) >= 11 is 0. The minimum atomic E-state index is -0.226. The van der Waals surface area contributed by atoms with Crippen molar-refractivity contribution in [1.29, 1.82) is 0 Å². The van der Waals surface area contributed by atoms with Crippen molar-refractivity contribution in [3.8, 4) is 0 Å². The Labute approximate surface area is 122 Å². The summed E-state index contributed by atoms with van der Waals surface area (Å²) in [5.41, 5.74) is 0.978. The monoisotopic (exact) mass is 278 g/mol. The van der Waals surface area contributed by atoms with Crippen LogP contribution < -0.4 is 0 Å². The van der Waals surface area contributed by atoms with Gasteiger partial charge in [-0.2, -0.15) is 0 Å². The van der Waals surface area contributed by atoms with E-state index in [1.165, 1.54) is 13.3 Å². The molecule has 1 aliphatic carbocycles. The molecule has 0 N–H and O–H groups in total. The fraction of sp³-hybridized carbons (Fsp3) is 0.706. The van der Waals surface area contributed by atoms with Crippen LogP contribution in [0.25, 0.3) is 0 Å². The van der Waals surface area contributed by atoms with Gasteiger partial charge in [-0.3, -0.25) is 4.79 Å². The zero-order valence-corrected chi connectivity index (χ0v) is 13.1. The fourth-order valence-electron chi connectivity index (χ4n) is 3.26. The molecule has 0 radical (unpaired) electrons. The molecule has 0 aromatic heterocycles. The third-order valence-corrected chi connectivity index (χ3v) is 4.52. The number of carbonyl (C=O) groups is 1. The van der Waals surface area contributed by atoms with Crippen LogP contribution in [-0.4, -0.2) is 23.8 Å². The number of allylic oxidation sites excluding steroid dienone is 1. The molecule has 3 atom stereocenters. The molecule has 2 heterocycles. The molecule has 0 spiro atoms. The largest absolute Gasteiger partial charge is 0.461 e. The molecular weight excluding hydrogens is 252 g/mol. The standard InChI is InChI=1S/C17H26O3/c1-13(12-19-14(2)18)6-5-9-17(4)15-7-10-16(3,20-17)11-8-15/h6-7,10,15H,5,8-9,11-12H2,1-4H3/b13-6+/t15-,16+,17+/m0/s1. The van der Waals surface area contributed by atoms with E-state index in [1.54, 1.807) is 0 Å². The maximum atomic E-state index is 10.8. The second-order valence-electron chi connectivity index (χ2n) is 6.60. The first-order chi connectivity index (χ1) is 9.33. The molecule has 0 unspecified atom stereocenters. The number of ether oxygens (including phenoxy) is 2. The van der Waals surface area contributed by atoms with Crippen molar-refractivity contribution >= 4 is 5.97 Å². The van der Waals surface area contributed by atoms with Crippen LogP contribution in [-0.2, 0) is 14.3 Å². The third kappa shape index (κ3) is 3.51. The second kappa shape index (κ2) is 5.72. The van der Waals surface area contributed by atoms with Crippen molar-refractivity contribution in [2.24, 2.45) is 5.92 Å². The summed E-state index contributed by atoms with van der Waals surface area (Å²) in [5.74, 6) is 0.308. The molecule has 2 aliphatic heterocycles. The van der Waals surface area contributed by atoms with E-state index in [2.05, 4.69) is 32.1 Å². The number of hydrogen-bond acceptors (Lipinski definition) is 3. The molecule has 112 valence electrons. The molecule has 20 heavy (non-hydrogen) atoms. The van der Waals surface area contributed by atoms with Crippen LogP contribution in [0.1, 0.15) is 53.4 Å². The molecule has 3 aliphatic rings. The van der Waals surface area contributed by atoms with Crippen molar-refractivity contribution < 1.29 is 14.3 Å². The molecule has 1 fully saturated rings. The molecule has 3 rings (SSSR count). The number of fused-ring (bicyclic) bond motifs is 2. The summed E-state index contributed by atoms with van der Waals surface area (Å²) in [6, 6.07) is 0. The Kier molecular flexibility index (Phi) is 4.38. The summed E-state index contributed by atoms with van der Waals surface area (Å²) in [6.07, 6.45) is 11.0. The Bertz CT molecular complexity index is 438. The van der Waals surface area contributed by atoms with Crippen LogP contribution in [0.4, 0.5) is 0 Å². The van der Waals surface area contributed by atoms with E-state index in [4.69, 9.17) is 9.47 Å². The minimum Gasteiger partial charge on any atom is -0.461 e. The maximum absolute atomic E-state index is 10.8. The van der Waals surface area contributed by atoms with Crippen molar-refractivity contribution in [2.75, 3.05) is 6.61 Å². The van der Waals surface area contributed by atoms with Gasteiger partial charge in [-0.15, -0.1) is 0 Å². The molecule has 3 heteroatoms. The quantitative estimate of drug-likeness (QED) is 0.567. The summed E-state index contributed by atoms with van der Waals surface area (Å²) in [5, 5.41) is 0. The molecule has 2 bridgehead atoms. The van der Waals surface area contributed by atoms with Gasteiger partial charge in [-0.05, 0) is 52.0 Å². The Morgan fingerprint density at radius 2 is 2.20 bits per heavy atom. The van der Waals surface area contributed by atoms with Gasteiger partial charge in [0.25, 0.3) is 0 Å². The van der Waals surface area contributed by atoms with Gasteiger partial charge in [0.2, 0.25) is 0 Å². The van der Waals surface area contributed by atoms with Gasteiger partial charge >= 0.3 is 5.97 Å². The minimum absolute atomic E-state index is 0.0556. The van der Waals surface area contributed by atoms with Crippen LogP contribution in [0, 0.1) is 5.92 Å². The van der Waals surface area contributed by atoms with Crippen molar-refractivity contribution in [3.63, 3.8) is 0 Å². The van der Waals surface area contributed by atoms with Gasteiger partial charge in [0, 0.05) is 12.8 Å². The summed E-state index contributed by atoms with van der Waals surface area (Å²) in [4.78, 5) is 10.8. The molecule has 0 aromatic rings. The lowest BCUT2D eigenvalue weighted by atomic mass is 9.71. The van der Waals surface area contributed by atoms with E-state index in [0.29, 0.717) is 12.5 Å². The highest BCUT2D eigenvalue weighted by molar-refractivity contribution is 5.66. The van der Waals surface area contributed by atoms with Crippen molar-refractivity contribution in [1.82, 2.24) is 0 Å². The lowest BCUT2D eigenvalue weighted by Crippen LogP contribution is -2.52. The van der Waals surface area contributed by atoms with Gasteiger partial charge in [-0.1, -0.05) is 18.2 Å². The third-order valence-electron chi connectivity index (χ3n) is 4.52. The molecule has 0 amide bonds. The normalized spacial score (nSPS) is 36.2. The number of esters is 1. The highest BCUT2D eigenvalue weighted by atomic mass is 16.5. The molecule has 0 aromatic carbocycles. The maximum Gasteiger partial charge on any atom is 0.302 e. The Morgan fingerprint density at radius 1 is 1.45 bits per heavy atom.